The second-order valence-electron chi connectivity index (χ2n) is 8.41. The van der Waals surface area contributed by atoms with Gasteiger partial charge in [-0.15, -0.1) is 0 Å². The highest BCUT2D eigenvalue weighted by Crippen LogP contribution is 2.51. The van der Waals surface area contributed by atoms with Crippen molar-refractivity contribution in [2.24, 2.45) is 0 Å². The molecule has 2 bridgehead atoms. The van der Waals surface area contributed by atoms with Gasteiger partial charge in [-0.3, -0.25) is 4.90 Å². The lowest BCUT2D eigenvalue weighted by Gasteiger charge is -2.43. The predicted molar refractivity (Wildman–Crippen MR) is 114 cm³/mol. The largest absolute Gasteiger partial charge is 0.860 e. The molecule has 0 aromatic heterocycles. The van der Waals surface area contributed by atoms with E-state index < -0.39 is 0 Å². The number of nitrogens with one attached hydrogen (secondary N) is 1. The number of aryl methyl sites for hydroxylation is 1. The van der Waals surface area contributed by atoms with Gasteiger partial charge in [0.15, 0.2) is 0 Å². The topological polar surface area (TPSA) is 62.1 Å². The van der Waals surface area contributed by atoms with Gasteiger partial charge in [-0.25, -0.2) is 0 Å². The molecule has 2 saturated heterocycles. The second-order valence-corrected chi connectivity index (χ2v) is 8.41. The Morgan fingerprint density at radius 3 is 2.48 bits per heavy atom. The molecule has 2 heterocycles. The maximum Gasteiger partial charge on any atom is 0.0991 e. The van der Waals surface area contributed by atoms with Crippen molar-refractivity contribution < 1.29 is 5.11 Å². The Labute approximate surface area is 172 Å². The SMILES string of the molecule is CC=c1cccc(C)c1=C([O-])NC(c1ccc(C#N)cc1)C12CCC(CC1)N2C. The molecular formula is C25H28N3O-. The average Bonchev–Trinajstić information content (AvgIpc) is 3.24. The molecule has 2 aliphatic heterocycles. The maximum atomic E-state index is 13.5. The highest BCUT2D eigenvalue weighted by atomic mass is 16.3. The summed E-state index contributed by atoms with van der Waals surface area (Å²) in [7, 11) is 2.20. The first kappa shape index (κ1) is 19.5. The van der Waals surface area contributed by atoms with Gasteiger partial charge in [0, 0.05) is 11.6 Å². The van der Waals surface area contributed by atoms with Crippen LogP contribution >= 0.6 is 0 Å². The molecule has 4 nitrogen and oxygen atoms in total. The quantitative estimate of drug-likeness (QED) is 0.874. The average molecular weight is 387 g/mol. The van der Waals surface area contributed by atoms with E-state index in [-0.39, 0.29) is 17.5 Å². The molecule has 0 amide bonds. The van der Waals surface area contributed by atoms with Crippen LogP contribution in [0.25, 0.3) is 12.0 Å². The van der Waals surface area contributed by atoms with Gasteiger partial charge >= 0.3 is 0 Å². The Morgan fingerprint density at radius 1 is 1.24 bits per heavy atom. The van der Waals surface area contributed by atoms with Gasteiger partial charge in [0.05, 0.1) is 17.7 Å². The van der Waals surface area contributed by atoms with Crippen LogP contribution in [0.15, 0.2) is 42.5 Å². The molecule has 1 unspecified atom stereocenters. The summed E-state index contributed by atoms with van der Waals surface area (Å²) < 4.78 is 0. The molecule has 2 aromatic carbocycles. The van der Waals surface area contributed by atoms with Crippen molar-refractivity contribution in [1.29, 1.82) is 5.26 Å². The molecule has 0 radical (unpaired) electrons. The van der Waals surface area contributed by atoms with Crippen molar-refractivity contribution >= 4 is 12.0 Å². The van der Waals surface area contributed by atoms with Crippen molar-refractivity contribution in [3.05, 3.63) is 69.6 Å². The normalized spacial score (nSPS) is 26.3. The van der Waals surface area contributed by atoms with Crippen LogP contribution in [0, 0.1) is 18.3 Å². The van der Waals surface area contributed by atoms with E-state index in [4.69, 9.17) is 0 Å². The minimum Gasteiger partial charge on any atom is -0.860 e. The molecule has 0 spiro atoms. The summed E-state index contributed by atoms with van der Waals surface area (Å²) in [4.78, 5) is 2.49. The first-order valence-corrected chi connectivity index (χ1v) is 10.4. The van der Waals surface area contributed by atoms with Crippen molar-refractivity contribution in [3.8, 4) is 6.07 Å². The monoisotopic (exact) mass is 386 g/mol. The van der Waals surface area contributed by atoms with E-state index in [0.717, 1.165) is 34.4 Å². The number of hydrogen-bond donors (Lipinski definition) is 1. The van der Waals surface area contributed by atoms with Crippen LogP contribution in [0.2, 0.25) is 0 Å². The summed E-state index contributed by atoms with van der Waals surface area (Å²) in [5.41, 5.74) is 2.63. The number of nitrogens with zero attached hydrogens (tertiary/aromatic N) is 2. The smallest absolute Gasteiger partial charge is 0.0991 e. The van der Waals surface area contributed by atoms with E-state index in [0.29, 0.717) is 11.6 Å². The number of nitriles is 1. The van der Waals surface area contributed by atoms with Gasteiger partial charge in [0.25, 0.3) is 0 Å². The van der Waals surface area contributed by atoms with Gasteiger partial charge in [-0.05, 0) is 86.2 Å². The minimum atomic E-state index is -0.107. The molecule has 4 rings (SSSR count). The summed E-state index contributed by atoms with van der Waals surface area (Å²) in [5.74, 6) is -0.0244. The molecule has 0 aliphatic carbocycles. The number of rotatable bonds is 4. The van der Waals surface area contributed by atoms with Gasteiger partial charge in [0.1, 0.15) is 0 Å². The van der Waals surface area contributed by atoms with Crippen LogP contribution in [0.5, 0.6) is 0 Å². The lowest BCUT2D eigenvalue weighted by molar-refractivity contribution is -0.258. The Balaban J connectivity index is 1.84. The van der Waals surface area contributed by atoms with E-state index in [2.05, 4.69) is 23.3 Å². The van der Waals surface area contributed by atoms with Crippen molar-refractivity contribution in [1.82, 2.24) is 10.2 Å². The zero-order valence-electron chi connectivity index (χ0n) is 17.4. The van der Waals surface area contributed by atoms with Crippen molar-refractivity contribution in [2.75, 3.05) is 7.05 Å². The molecule has 2 aromatic rings. The van der Waals surface area contributed by atoms with Gasteiger partial charge < -0.3 is 10.4 Å². The predicted octanol–water partition coefficient (Wildman–Crippen LogP) is 2.05. The number of hydrogen-bond acceptors (Lipinski definition) is 4. The molecule has 2 aliphatic rings. The molecule has 4 heteroatoms. The van der Waals surface area contributed by atoms with Crippen molar-refractivity contribution in [2.45, 2.75) is 57.2 Å². The van der Waals surface area contributed by atoms with Crippen LogP contribution in [0.1, 0.15) is 55.3 Å². The summed E-state index contributed by atoms with van der Waals surface area (Å²) in [5, 5.41) is 27.8. The van der Waals surface area contributed by atoms with Gasteiger partial charge in [-0.2, -0.15) is 5.26 Å². The summed E-state index contributed by atoms with van der Waals surface area (Å²) >= 11 is 0. The van der Waals surface area contributed by atoms with Gasteiger partial charge in [0.2, 0.25) is 0 Å². The van der Waals surface area contributed by atoms with Crippen LogP contribution < -0.4 is 20.9 Å². The second kappa shape index (κ2) is 7.57. The summed E-state index contributed by atoms with van der Waals surface area (Å²) in [6.07, 6.45) is 6.51. The van der Waals surface area contributed by atoms with Crippen LogP contribution in [-0.4, -0.2) is 23.5 Å². The Morgan fingerprint density at radius 2 is 1.93 bits per heavy atom. The zero-order valence-corrected chi connectivity index (χ0v) is 17.4. The third-order valence-electron chi connectivity index (χ3n) is 7.10. The number of likely N-dealkylation sites (N-methyl/N-ethyl adjacent to an activating group) is 1. The molecule has 0 saturated carbocycles. The van der Waals surface area contributed by atoms with Crippen LogP contribution in [0.4, 0.5) is 0 Å². The number of benzene rings is 2. The highest BCUT2D eigenvalue weighted by Gasteiger charge is 2.54. The fourth-order valence-corrected chi connectivity index (χ4v) is 5.42. The lowest BCUT2D eigenvalue weighted by Crippen LogP contribution is -2.52. The number of fused-ring (bicyclic) bond motifs is 2. The maximum absolute atomic E-state index is 13.5. The van der Waals surface area contributed by atoms with Crippen LogP contribution in [0.3, 0.4) is 0 Å². The molecule has 150 valence electrons. The molecular weight excluding hydrogens is 358 g/mol. The van der Waals surface area contributed by atoms with Crippen molar-refractivity contribution in [3.63, 3.8) is 0 Å². The highest BCUT2D eigenvalue weighted by molar-refractivity contribution is 5.42. The Hall–Kier alpha value is -2.77. The first-order chi connectivity index (χ1) is 14.0. The fourth-order valence-electron chi connectivity index (χ4n) is 5.42. The zero-order chi connectivity index (χ0) is 20.6. The Kier molecular flexibility index (Phi) is 5.10. The molecule has 1 atom stereocenters. The fraction of sp³-hybridized carbons (Fsp3) is 0.400. The molecule has 29 heavy (non-hydrogen) atoms. The van der Waals surface area contributed by atoms with E-state index in [1.165, 1.54) is 12.8 Å². The summed E-state index contributed by atoms with van der Waals surface area (Å²) in [6, 6.07) is 16.4. The van der Waals surface area contributed by atoms with Crippen LogP contribution in [-0.2, 0) is 0 Å². The van der Waals surface area contributed by atoms with E-state index >= 15 is 0 Å². The third-order valence-corrected chi connectivity index (χ3v) is 7.10. The first-order valence-electron chi connectivity index (χ1n) is 10.4. The minimum absolute atomic E-state index is 0.0244. The van der Waals surface area contributed by atoms with E-state index in [1.54, 1.807) is 0 Å². The standard InChI is InChI=1S/C25H29N3O/c1-4-19-7-5-6-17(2)22(19)24(29)27-23(20-10-8-18(16-26)9-11-20)25-14-12-21(13-15-25)28(25)3/h4-11,21,23,27,29H,12-15H2,1-3H3/p-1. The van der Waals surface area contributed by atoms with Gasteiger partial charge in [-0.1, -0.05) is 36.4 Å². The van der Waals surface area contributed by atoms with E-state index in [1.807, 2.05) is 62.4 Å². The Bertz CT molecular complexity index is 1060. The molecule has 2 fully saturated rings. The molecule has 1 N–H and O–H groups in total. The summed E-state index contributed by atoms with van der Waals surface area (Å²) in [6.45, 7) is 3.96. The third kappa shape index (κ3) is 3.20. The lowest BCUT2D eigenvalue weighted by atomic mass is 9.78. The van der Waals surface area contributed by atoms with E-state index in [9.17, 15) is 10.4 Å².